The fourth-order valence-corrected chi connectivity index (χ4v) is 4.11. The molecule has 0 atom stereocenters. The first kappa shape index (κ1) is 17.8. The second-order valence-corrected chi connectivity index (χ2v) is 8.80. The maximum atomic E-state index is 12.9. The van der Waals surface area contributed by atoms with Crippen molar-refractivity contribution in [3.05, 3.63) is 76.5 Å². The molecule has 4 rings (SSSR count). The maximum absolute atomic E-state index is 12.9. The Kier molecular flexibility index (Phi) is 4.10. The van der Waals surface area contributed by atoms with Gasteiger partial charge in [-0.05, 0) is 67.5 Å². The lowest BCUT2D eigenvalue weighted by molar-refractivity contribution is 0.0911. The van der Waals surface area contributed by atoms with E-state index in [9.17, 15) is 4.79 Å². The van der Waals surface area contributed by atoms with Gasteiger partial charge < -0.3 is 4.57 Å². The number of hydrogen-bond acceptors (Lipinski definition) is 1. The Bertz CT molecular complexity index is 1030. The highest BCUT2D eigenvalue weighted by molar-refractivity contribution is 6.00. The summed E-state index contributed by atoms with van der Waals surface area (Å²) >= 11 is 0. The molecule has 0 bridgehead atoms. The van der Waals surface area contributed by atoms with E-state index in [1.807, 2.05) is 0 Å². The lowest BCUT2D eigenvalue weighted by Crippen LogP contribution is -2.27. The van der Waals surface area contributed by atoms with Crippen molar-refractivity contribution < 1.29 is 4.79 Å². The van der Waals surface area contributed by atoms with Crippen molar-refractivity contribution in [2.75, 3.05) is 0 Å². The molecule has 2 aromatic carbocycles. The van der Waals surface area contributed by atoms with Crippen LogP contribution in [0.5, 0.6) is 0 Å². The number of carbonyl (C=O) groups is 1. The first-order valence-electron chi connectivity index (χ1n) is 9.68. The number of carbonyl (C=O) groups excluding carboxylic acids is 1. The van der Waals surface area contributed by atoms with Gasteiger partial charge in [0, 0.05) is 23.4 Å². The molecule has 0 N–H and O–H groups in total. The van der Waals surface area contributed by atoms with E-state index >= 15 is 0 Å². The van der Waals surface area contributed by atoms with Gasteiger partial charge in [0.1, 0.15) is 0 Å². The summed E-state index contributed by atoms with van der Waals surface area (Å²) in [5.74, 6) is 0.261. The second-order valence-electron chi connectivity index (χ2n) is 8.80. The Morgan fingerprint density at radius 2 is 1.56 bits per heavy atom. The van der Waals surface area contributed by atoms with Gasteiger partial charge in [-0.15, -0.1) is 0 Å². The van der Waals surface area contributed by atoms with Gasteiger partial charge in [-0.1, -0.05) is 49.7 Å². The third-order valence-electron chi connectivity index (χ3n) is 5.78. The molecule has 0 saturated heterocycles. The number of fused-ring (bicyclic) bond motifs is 1. The molecule has 0 spiro atoms. The monoisotopic (exact) mass is 357 g/mol. The quantitative estimate of drug-likeness (QED) is 0.533. The van der Waals surface area contributed by atoms with Crippen LogP contribution in [-0.2, 0) is 6.42 Å². The van der Waals surface area contributed by atoms with E-state index < -0.39 is 0 Å². The molecular weight excluding hydrogens is 330 g/mol. The summed E-state index contributed by atoms with van der Waals surface area (Å²) in [6, 6.07) is 17.3. The van der Waals surface area contributed by atoms with Crippen LogP contribution in [0.3, 0.4) is 0 Å². The Morgan fingerprint density at radius 1 is 0.852 bits per heavy atom. The number of nitrogens with zero attached hydrogens (tertiary/aromatic N) is 1. The van der Waals surface area contributed by atoms with Crippen LogP contribution < -0.4 is 0 Å². The molecule has 0 fully saturated rings. The highest BCUT2D eigenvalue weighted by Gasteiger charge is 2.35. The van der Waals surface area contributed by atoms with E-state index in [1.54, 1.807) is 0 Å². The number of benzene rings is 2. The summed E-state index contributed by atoms with van der Waals surface area (Å²) in [7, 11) is 0. The highest BCUT2D eigenvalue weighted by atomic mass is 16.1. The molecule has 2 heteroatoms. The van der Waals surface area contributed by atoms with Gasteiger partial charge in [0.05, 0.1) is 5.69 Å². The predicted molar refractivity (Wildman–Crippen MR) is 112 cm³/mol. The normalized spacial score (nSPS) is 15.7. The van der Waals surface area contributed by atoms with Gasteiger partial charge in [0.25, 0.3) is 0 Å². The summed E-state index contributed by atoms with van der Waals surface area (Å²) in [6.07, 6.45) is 1.52. The molecule has 0 aliphatic heterocycles. The minimum absolute atomic E-state index is 0.00945. The van der Waals surface area contributed by atoms with Crippen molar-refractivity contribution in [2.24, 2.45) is 5.41 Å². The number of aromatic nitrogens is 1. The van der Waals surface area contributed by atoms with E-state index in [-0.39, 0.29) is 11.2 Å². The van der Waals surface area contributed by atoms with Crippen molar-refractivity contribution in [2.45, 2.75) is 47.5 Å². The van der Waals surface area contributed by atoms with Crippen molar-refractivity contribution >= 4 is 5.78 Å². The summed E-state index contributed by atoms with van der Waals surface area (Å²) < 4.78 is 2.31. The minimum Gasteiger partial charge on any atom is -0.313 e. The summed E-state index contributed by atoms with van der Waals surface area (Å²) in [6.45, 7) is 10.8. The molecule has 27 heavy (non-hydrogen) atoms. The van der Waals surface area contributed by atoms with E-state index in [4.69, 9.17) is 0 Å². The highest BCUT2D eigenvalue weighted by Crippen LogP contribution is 2.40. The van der Waals surface area contributed by atoms with Crippen molar-refractivity contribution in [3.63, 3.8) is 0 Å². The van der Waals surface area contributed by atoms with Crippen LogP contribution in [0, 0.1) is 26.2 Å². The molecule has 0 amide bonds. The number of Topliss-reactive ketones (excluding diaryl/α,β-unsaturated/α-hetero) is 1. The zero-order valence-corrected chi connectivity index (χ0v) is 16.9. The topological polar surface area (TPSA) is 22.0 Å². The molecule has 1 aliphatic rings. The number of rotatable bonds is 2. The third-order valence-corrected chi connectivity index (χ3v) is 5.78. The van der Waals surface area contributed by atoms with Gasteiger partial charge in [0.15, 0.2) is 5.78 Å². The Balaban J connectivity index is 2.00. The first-order chi connectivity index (χ1) is 12.7. The standard InChI is InChI=1S/C25H27NO/c1-16-6-9-19(10-7-16)22-13-21-23(14-25(4,5)15-24(21)27)26(22)20-11-8-17(2)18(3)12-20/h6-13H,14-15H2,1-5H3. The first-order valence-corrected chi connectivity index (χ1v) is 9.68. The Hall–Kier alpha value is -2.61. The second kappa shape index (κ2) is 6.23. The van der Waals surface area contributed by atoms with Crippen LogP contribution >= 0.6 is 0 Å². The van der Waals surface area contributed by atoms with E-state index in [0.29, 0.717) is 6.42 Å². The molecule has 1 heterocycles. The number of aryl methyl sites for hydroxylation is 3. The van der Waals surface area contributed by atoms with Crippen LogP contribution in [-0.4, -0.2) is 10.4 Å². The molecule has 0 unspecified atom stereocenters. The molecular formula is C25H27NO. The van der Waals surface area contributed by atoms with E-state index in [0.717, 1.165) is 34.6 Å². The zero-order chi connectivity index (χ0) is 19.3. The summed E-state index contributed by atoms with van der Waals surface area (Å²) in [5.41, 5.74) is 9.22. The van der Waals surface area contributed by atoms with Gasteiger partial charge in [-0.25, -0.2) is 0 Å². The van der Waals surface area contributed by atoms with E-state index in [2.05, 4.69) is 87.7 Å². The van der Waals surface area contributed by atoms with E-state index in [1.165, 1.54) is 16.7 Å². The lowest BCUT2D eigenvalue weighted by atomic mass is 9.76. The van der Waals surface area contributed by atoms with Crippen LogP contribution in [0.4, 0.5) is 0 Å². The van der Waals surface area contributed by atoms with Crippen molar-refractivity contribution in [3.8, 4) is 16.9 Å². The smallest absolute Gasteiger partial charge is 0.165 e. The molecule has 0 saturated carbocycles. The third kappa shape index (κ3) is 3.14. The van der Waals surface area contributed by atoms with Crippen molar-refractivity contribution in [1.29, 1.82) is 0 Å². The molecule has 1 aliphatic carbocycles. The van der Waals surface area contributed by atoms with Crippen LogP contribution in [0.2, 0.25) is 0 Å². The zero-order valence-electron chi connectivity index (χ0n) is 16.9. The minimum atomic E-state index is -0.00945. The SMILES string of the molecule is Cc1ccc(-c2cc3c(n2-c2ccc(C)c(C)c2)CC(C)(C)CC3=O)cc1. The lowest BCUT2D eigenvalue weighted by Gasteiger charge is -2.30. The molecule has 2 nitrogen and oxygen atoms in total. The van der Waals surface area contributed by atoms with Crippen molar-refractivity contribution in [1.82, 2.24) is 4.57 Å². The predicted octanol–water partition coefficient (Wildman–Crippen LogP) is 6.22. The molecule has 3 aromatic rings. The molecule has 138 valence electrons. The van der Waals surface area contributed by atoms with Crippen LogP contribution in [0.25, 0.3) is 16.9 Å². The summed E-state index contributed by atoms with van der Waals surface area (Å²) in [4.78, 5) is 12.9. The van der Waals surface area contributed by atoms with Gasteiger partial charge in [-0.3, -0.25) is 4.79 Å². The van der Waals surface area contributed by atoms with Gasteiger partial charge >= 0.3 is 0 Å². The fourth-order valence-electron chi connectivity index (χ4n) is 4.11. The maximum Gasteiger partial charge on any atom is 0.165 e. The molecule has 1 aromatic heterocycles. The van der Waals surface area contributed by atoms with Gasteiger partial charge in [-0.2, -0.15) is 0 Å². The fraction of sp³-hybridized carbons (Fsp3) is 0.320. The number of ketones is 1. The average molecular weight is 357 g/mol. The summed E-state index contributed by atoms with van der Waals surface area (Å²) in [5, 5.41) is 0. The van der Waals surface area contributed by atoms with Crippen LogP contribution in [0.1, 0.15) is 53.0 Å². The largest absolute Gasteiger partial charge is 0.313 e. The van der Waals surface area contributed by atoms with Crippen LogP contribution in [0.15, 0.2) is 48.5 Å². The van der Waals surface area contributed by atoms with Gasteiger partial charge in [0.2, 0.25) is 0 Å². The Morgan fingerprint density at radius 3 is 2.22 bits per heavy atom. The number of hydrogen-bond donors (Lipinski definition) is 0. The average Bonchev–Trinajstić information content (AvgIpc) is 2.96. The molecule has 0 radical (unpaired) electrons. The Labute approximate surface area is 161 Å².